The highest BCUT2D eigenvalue weighted by Gasteiger charge is 2.42. The number of rotatable bonds is 6. The van der Waals surface area contributed by atoms with Crippen LogP contribution in [0.2, 0.25) is 0 Å². The Morgan fingerprint density at radius 2 is 1.84 bits per heavy atom. The van der Waals surface area contributed by atoms with Crippen LogP contribution in [0.15, 0.2) is 73.1 Å². The SMILES string of the molecule is O=C(CN1C(=S)N[C@H](c2ccccn2)[C@@H]1c1cccn1C1CCCC1)Nc1ccccc1. The summed E-state index contributed by atoms with van der Waals surface area (Å²) in [4.78, 5) is 19.6. The predicted octanol–water partition coefficient (Wildman–Crippen LogP) is 4.61. The first kappa shape index (κ1) is 20.7. The molecule has 3 aromatic rings. The van der Waals surface area contributed by atoms with Gasteiger partial charge in [0.25, 0.3) is 0 Å². The van der Waals surface area contributed by atoms with Crippen LogP contribution in [0.1, 0.15) is 55.2 Å². The van der Waals surface area contributed by atoms with Crippen molar-refractivity contribution in [1.29, 1.82) is 0 Å². The smallest absolute Gasteiger partial charge is 0.244 e. The zero-order valence-electron chi connectivity index (χ0n) is 17.9. The molecule has 2 aromatic heterocycles. The molecule has 2 N–H and O–H groups in total. The fraction of sp³-hybridized carbons (Fsp3) is 0.320. The maximum absolute atomic E-state index is 13.0. The lowest BCUT2D eigenvalue weighted by atomic mass is 10.0. The maximum Gasteiger partial charge on any atom is 0.244 e. The summed E-state index contributed by atoms with van der Waals surface area (Å²) in [6, 6.07) is 20.0. The van der Waals surface area contributed by atoms with E-state index in [2.05, 4.69) is 38.5 Å². The zero-order chi connectivity index (χ0) is 21.9. The molecule has 2 atom stereocenters. The standard InChI is InChI=1S/C25H27N5OS/c31-22(27-18-9-2-1-3-10-18)17-30-24(21-14-8-16-29(21)19-11-4-5-12-19)23(28-25(30)32)20-13-6-7-15-26-20/h1-3,6-10,13-16,19,23-24H,4-5,11-12,17H2,(H,27,31)(H,28,32)/t23-,24+/m1/s1. The number of carbonyl (C=O) groups is 1. The van der Waals surface area contributed by atoms with Gasteiger partial charge in [-0.3, -0.25) is 9.78 Å². The van der Waals surface area contributed by atoms with E-state index in [1.807, 2.05) is 53.4 Å². The fourth-order valence-corrected chi connectivity index (χ4v) is 5.25. The van der Waals surface area contributed by atoms with Gasteiger partial charge in [0.2, 0.25) is 5.91 Å². The number of pyridine rings is 1. The highest BCUT2D eigenvalue weighted by molar-refractivity contribution is 7.80. The van der Waals surface area contributed by atoms with E-state index in [0.29, 0.717) is 11.2 Å². The van der Waals surface area contributed by atoms with E-state index >= 15 is 0 Å². The number of hydrogen-bond donors (Lipinski definition) is 2. The van der Waals surface area contributed by atoms with E-state index < -0.39 is 0 Å². The van der Waals surface area contributed by atoms with Crippen LogP contribution < -0.4 is 10.6 Å². The maximum atomic E-state index is 13.0. The van der Waals surface area contributed by atoms with Crippen LogP contribution in [0.25, 0.3) is 0 Å². The van der Waals surface area contributed by atoms with Crippen molar-refractivity contribution in [2.45, 2.75) is 43.8 Å². The van der Waals surface area contributed by atoms with Crippen molar-refractivity contribution in [3.8, 4) is 0 Å². The number of para-hydroxylation sites is 1. The molecular weight excluding hydrogens is 418 g/mol. The first-order valence-corrected chi connectivity index (χ1v) is 11.6. The predicted molar refractivity (Wildman–Crippen MR) is 129 cm³/mol. The van der Waals surface area contributed by atoms with Gasteiger partial charge in [0.05, 0.1) is 17.8 Å². The van der Waals surface area contributed by atoms with Crippen LogP contribution >= 0.6 is 12.2 Å². The van der Waals surface area contributed by atoms with Gasteiger partial charge >= 0.3 is 0 Å². The lowest BCUT2D eigenvalue weighted by Gasteiger charge is -2.30. The molecule has 1 amide bonds. The Bertz CT molecular complexity index is 1080. The quantitative estimate of drug-likeness (QED) is 0.543. The average molecular weight is 446 g/mol. The number of hydrogen-bond acceptors (Lipinski definition) is 3. The van der Waals surface area contributed by atoms with E-state index in [4.69, 9.17) is 12.2 Å². The number of nitrogens with zero attached hydrogens (tertiary/aromatic N) is 3. The molecule has 0 bridgehead atoms. The number of benzene rings is 1. The Morgan fingerprint density at radius 3 is 2.59 bits per heavy atom. The number of aromatic nitrogens is 2. The number of carbonyl (C=O) groups excluding carboxylic acids is 1. The van der Waals surface area contributed by atoms with Crippen LogP contribution in [-0.2, 0) is 4.79 Å². The largest absolute Gasteiger partial charge is 0.352 e. The number of amides is 1. The van der Waals surface area contributed by atoms with Gasteiger partial charge < -0.3 is 20.1 Å². The van der Waals surface area contributed by atoms with Gasteiger partial charge in [-0.15, -0.1) is 0 Å². The summed E-state index contributed by atoms with van der Waals surface area (Å²) < 4.78 is 2.39. The normalized spacial score (nSPS) is 21.0. The van der Waals surface area contributed by atoms with E-state index in [9.17, 15) is 4.79 Å². The first-order valence-electron chi connectivity index (χ1n) is 11.2. The van der Waals surface area contributed by atoms with Gasteiger partial charge in [0.1, 0.15) is 6.54 Å². The van der Waals surface area contributed by atoms with E-state index in [-0.39, 0.29) is 24.5 Å². The highest BCUT2D eigenvalue weighted by atomic mass is 32.1. The molecular formula is C25H27N5OS. The molecule has 3 heterocycles. The minimum absolute atomic E-state index is 0.0917. The molecule has 0 spiro atoms. The number of anilines is 1. The minimum Gasteiger partial charge on any atom is -0.352 e. The topological polar surface area (TPSA) is 62.2 Å². The third-order valence-corrected chi connectivity index (χ3v) is 6.75. The summed E-state index contributed by atoms with van der Waals surface area (Å²) in [5, 5.41) is 7.01. The summed E-state index contributed by atoms with van der Waals surface area (Å²) in [6.45, 7) is 0.171. The van der Waals surface area contributed by atoms with Crippen LogP contribution in [0.5, 0.6) is 0 Å². The monoisotopic (exact) mass is 445 g/mol. The van der Waals surface area contributed by atoms with E-state index in [1.54, 1.807) is 6.20 Å². The summed E-state index contributed by atoms with van der Waals surface area (Å²) in [5.74, 6) is -0.0917. The fourth-order valence-electron chi connectivity index (χ4n) is 4.95. The van der Waals surface area contributed by atoms with Crippen LogP contribution in [0.4, 0.5) is 5.69 Å². The summed E-state index contributed by atoms with van der Waals surface area (Å²) in [7, 11) is 0. The Hall–Kier alpha value is -3.19. The Labute approximate surface area is 193 Å². The Morgan fingerprint density at radius 1 is 1.06 bits per heavy atom. The molecule has 1 saturated heterocycles. The molecule has 1 aromatic carbocycles. The van der Waals surface area contributed by atoms with Crippen molar-refractivity contribution in [2.24, 2.45) is 0 Å². The van der Waals surface area contributed by atoms with Crippen molar-refractivity contribution in [1.82, 2.24) is 19.8 Å². The van der Waals surface area contributed by atoms with Gasteiger partial charge in [-0.1, -0.05) is 37.1 Å². The second kappa shape index (κ2) is 9.12. The second-order valence-electron chi connectivity index (χ2n) is 8.45. The molecule has 164 valence electrons. The van der Waals surface area contributed by atoms with Gasteiger partial charge in [0, 0.05) is 29.8 Å². The summed E-state index contributed by atoms with van der Waals surface area (Å²) in [6.07, 6.45) is 8.87. The molecule has 6 nitrogen and oxygen atoms in total. The summed E-state index contributed by atoms with van der Waals surface area (Å²) >= 11 is 5.73. The lowest BCUT2D eigenvalue weighted by Crippen LogP contribution is -2.37. The molecule has 1 aliphatic carbocycles. The van der Waals surface area contributed by atoms with Crippen molar-refractivity contribution in [3.05, 3.63) is 84.4 Å². The van der Waals surface area contributed by atoms with Gasteiger partial charge in [-0.25, -0.2) is 0 Å². The van der Waals surface area contributed by atoms with E-state index in [1.165, 1.54) is 31.4 Å². The third-order valence-electron chi connectivity index (χ3n) is 6.40. The zero-order valence-corrected chi connectivity index (χ0v) is 18.7. The molecule has 5 rings (SSSR count). The Kier molecular flexibility index (Phi) is 5.90. The number of thiocarbonyl (C=S) groups is 1. The van der Waals surface area contributed by atoms with Crippen LogP contribution in [-0.4, -0.2) is 32.0 Å². The molecule has 7 heteroatoms. The van der Waals surface area contributed by atoms with Gasteiger partial charge in [-0.05, 0) is 61.5 Å². The molecule has 1 aliphatic heterocycles. The molecule has 0 unspecified atom stereocenters. The lowest BCUT2D eigenvalue weighted by molar-refractivity contribution is -0.116. The van der Waals surface area contributed by atoms with Crippen molar-refractivity contribution in [2.75, 3.05) is 11.9 Å². The van der Waals surface area contributed by atoms with Crippen LogP contribution in [0.3, 0.4) is 0 Å². The van der Waals surface area contributed by atoms with Crippen molar-refractivity contribution < 1.29 is 4.79 Å². The molecule has 1 saturated carbocycles. The molecule has 0 radical (unpaired) electrons. The number of nitrogens with one attached hydrogen (secondary N) is 2. The van der Waals surface area contributed by atoms with E-state index in [0.717, 1.165) is 11.4 Å². The molecule has 2 aliphatic rings. The van der Waals surface area contributed by atoms with Crippen molar-refractivity contribution in [3.63, 3.8) is 0 Å². The molecule has 32 heavy (non-hydrogen) atoms. The highest BCUT2D eigenvalue weighted by Crippen LogP contribution is 2.41. The second-order valence-corrected chi connectivity index (χ2v) is 8.83. The summed E-state index contributed by atoms with van der Waals surface area (Å²) in [5.41, 5.74) is 2.88. The minimum atomic E-state index is -0.122. The average Bonchev–Trinajstić information content (AvgIpc) is 3.56. The first-order chi connectivity index (χ1) is 15.7. The van der Waals surface area contributed by atoms with Gasteiger partial charge in [-0.2, -0.15) is 0 Å². The Balaban J connectivity index is 1.47. The third kappa shape index (κ3) is 4.12. The van der Waals surface area contributed by atoms with Gasteiger partial charge in [0.15, 0.2) is 5.11 Å². The van der Waals surface area contributed by atoms with Crippen LogP contribution in [0, 0.1) is 0 Å². The van der Waals surface area contributed by atoms with Crippen molar-refractivity contribution >= 4 is 28.9 Å². The molecule has 2 fully saturated rings.